The van der Waals surface area contributed by atoms with E-state index in [1.54, 1.807) is 24.3 Å². The number of carbonyl (C=O) groups is 3. The zero-order valence-electron chi connectivity index (χ0n) is 22.6. The van der Waals surface area contributed by atoms with Crippen molar-refractivity contribution in [3.63, 3.8) is 0 Å². The van der Waals surface area contributed by atoms with Crippen molar-refractivity contribution in [3.05, 3.63) is 65.7 Å². The number of amidine groups is 1. The van der Waals surface area contributed by atoms with E-state index < -0.39 is 57.2 Å². The molecule has 0 spiro atoms. The molecule has 0 aromatic heterocycles. The number of rotatable bonds is 10. The van der Waals surface area contributed by atoms with Crippen molar-refractivity contribution < 1.29 is 45.4 Å². The maximum atomic E-state index is 14.0. The van der Waals surface area contributed by atoms with Crippen LogP contribution >= 0.6 is 0 Å². The van der Waals surface area contributed by atoms with Gasteiger partial charge in [-0.05, 0) is 53.1 Å². The van der Waals surface area contributed by atoms with Gasteiger partial charge in [0, 0.05) is 18.7 Å². The lowest BCUT2D eigenvalue weighted by atomic mass is 10.1. The Balaban J connectivity index is 1.76. The molecule has 1 atom stereocenters. The average Bonchev–Trinajstić information content (AvgIpc) is 3.29. The second-order valence-electron chi connectivity index (χ2n) is 9.59. The third kappa shape index (κ3) is 6.70. The summed E-state index contributed by atoms with van der Waals surface area (Å²) in [6.45, 7) is -0.913. The molecule has 1 saturated heterocycles. The second-order valence-corrected chi connectivity index (χ2v) is 11.5. The van der Waals surface area contributed by atoms with E-state index in [2.05, 4.69) is 4.74 Å². The summed E-state index contributed by atoms with van der Waals surface area (Å²) >= 11 is 0. The summed E-state index contributed by atoms with van der Waals surface area (Å²) in [6, 6.07) is 11.2. The zero-order chi connectivity index (χ0) is 31.7. The summed E-state index contributed by atoms with van der Waals surface area (Å²) in [7, 11) is -3.66. The SMILES string of the molecule is COc1ccc2cc(OC(=O)C(F)(F)F)c(S(=O)(=O)N(CC(N)=O)[C@H]3CCN(Cc4cccc(C(=N)N)c4)C3=O)cc2c1. The van der Waals surface area contributed by atoms with Crippen LogP contribution in [0.2, 0.25) is 0 Å². The first-order valence-electron chi connectivity index (χ1n) is 12.5. The fraction of sp³-hybridized carbons (Fsp3) is 0.259. The molecule has 1 aliphatic rings. The van der Waals surface area contributed by atoms with Crippen molar-refractivity contribution in [1.29, 1.82) is 5.41 Å². The Kier molecular flexibility index (Phi) is 8.64. The Bertz CT molecular complexity index is 1730. The number of sulfonamides is 1. The number of primary amides is 1. The molecule has 1 heterocycles. The zero-order valence-corrected chi connectivity index (χ0v) is 23.4. The van der Waals surface area contributed by atoms with Crippen LogP contribution in [0.1, 0.15) is 17.5 Å². The van der Waals surface area contributed by atoms with Gasteiger partial charge in [0.25, 0.3) is 0 Å². The lowest BCUT2D eigenvalue weighted by Gasteiger charge is -2.27. The summed E-state index contributed by atoms with van der Waals surface area (Å²) in [6.07, 6.45) is -5.54. The standard InChI is InChI=1S/C27H26F3N5O7S/c1-41-19-6-5-16-11-21(42-26(38)27(28,29)30)22(12-18(16)10-19)43(39,40)35(14-23(31)36)20-7-8-34(25(20)37)13-15-3-2-4-17(9-15)24(32)33/h2-6,9-12,20H,7-8,13-14H2,1H3,(H2,31,36)(H3,32,33)/t20-/m0/s1. The van der Waals surface area contributed by atoms with Gasteiger partial charge in [0.15, 0.2) is 5.75 Å². The number of methoxy groups -OCH3 is 1. The van der Waals surface area contributed by atoms with Crippen LogP contribution in [-0.2, 0) is 31.0 Å². The van der Waals surface area contributed by atoms with Gasteiger partial charge in [-0.25, -0.2) is 13.2 Å². The van der Waals surface area contributed by atoms with Crippen LogP contribution in [0.5, 0.6) is 11.5 Å². The number of nitrogens with one attached hydrogen (secondary N) is 1. The lowest BCUT2D eigenvalue weighted by molar-refractivity contribution is -0.189. The van der Waals surface area contributed by atoms with Crippen LogP contribution in [0.15, 0.2) is 59.5 Å². The van der Waals surface area contributed by atoms with E-state index in [0.29, 0.717) is 21.2 Å². The molecular weight excluding hydrogens is 595 g/mol. The number of halogens is 3. The minimum atomic E-state index is -5.45. The van der Waals surface area contributed by atoms with Gasteiger partial charge in [0.05, 0.1) is 13.7 Å². The molecular formula is C27H26F3N5O7S. The monoisotopic (exact) mass is 621 g/mol. The molecule has 0 bridgehead atoms. The van der Waals surface area contributed by atoms with Gasteiger partial charge in [-0.2, -0.15) is 17.5 Å². The Morgan fingerprint density at radius 1 is 1.09 bits per heavy atom. The highest BCUT2D eigenvalue weighted by molar-refractivity contribution is 7.89. The second kappa shape index (κ2) is 11.9. The summed E-state index contributed by atoms with van der Waals surface area (Å²) in [5.74, 6) is -5.37. The first kappa shape index (κ1) is 31.2. The Morgan fingerprint density at radius 3 is 2.44 bits per heavy atom. The van der Waals surface area contributed by atoms with Crippen molar-refractivity contribution in [3.8, 4) is 11.5 Å². The lowest BCUT2D eigenvalue weighted by Crippen LogP contribution is -2.48. The molecule has 4 rings (SSSR count). The van der Waals surface area contributed by atoms with E-state index in [1.165, 1.54) is 30.2 Å². The number of alkyl halides is 3. The fourth-order valence-electron chi connectivity index (χ4n) is 4.65. The van der Waals surface area contributed by atoms with Crippen LogP contribution in [0.25, 0.3) is 10.8 Å². The van der Waals surface area contributed by atoms with E-state index in [4.69, 9.17) is 21.6 Å². The number of ether oxygens (including phenoxy) is 2. The smallest absolute Gasteiger partial charge is 0.491 e. The highest BCUT2D eigenvalue weighted by atomic mass is 32.2. The van der Waals surface area contributed by atoms with Crippen LogP contribution in [0.4, 0.5) is 13.2 Å². The number of esters is 1. The van der Waals surface area contributed by atoms with Gasteiger partial charge in [-0.3, -0.25) is 15.0 Å². The number of likely N-dealkylation sites (tertiary alicyclic amines) is 1. The molecule has 5 N–H and O–H groups in total. The maximum absolute atomic E-state index is 14.0. The van der Waals surface area contributed by atoms with Crippen molar-refractivity contribution >= 4 is 44.4 Å². The van der Waals surface area contributed by atoms with Crippen molar-refractivity contribution in [1.82, 2.24) is 9.21 Å². The van der Waals surface area contributed by atoms with Gasteiger partial charge in [0.1, 0.15) is 22.5 Å². The molecule has 3 aromatic rings. The molecule has 0 saturated carbocycles. The Morgan fingerprint density at radius 2 is 1.81 bits per heavy atom. The number of nitrogens with two attached hydrogens (primary N) is 2. The Labute approximate surface area is 243 Å². The van der Waals surface area contributed by atoms with Gasteiger partial charge < -0.3 is 25.8 Å². The number of hydrogen-bond acceptors (Lipinski definition) is 8. The van der Waals surface area contributed by atoms with Gasteiger partial charge in [-0.1, -0.05) is 24.3 Å². The molecule has 0 unspecified atom stereocenters. The summed E-state index contributed by atoms with van der Waals surface area (Å²) in [5.41, 5.74) is 11.9. The predicted molar refractivity (Wildman–Crippen MR) is 147 cm³/mol. The van der Waals surface area contributed by atoms with Crippen molar-refractivity contribution in [2.24, 2.45) is 11.5 Å². The van der Waals surface area contributed by atoms with Crippen LogP contribution in [0, 0.1) is 5.41 Å². The molecule has 228 valence electrons. The third-order valence-electron chi connectivity index (χ3n) is 6.67. The first-order chi connectivity index (χ1) is 20.1. The molecule has 16 heteroatoms. The highest BCUT2D eigenvalue weighted by Crippen LogP contribution is 2.36. The Hall–Kier alpha value is -4.70. The number of amides is 2. The van der Waals surface area contributed by atoms with Crippen molar-refractivity contribution in [2.75, 3.05) is 20.2 Å². The molecule has 2 amide bonds. The van der Waals surface area contributed by atoms with Gasteiger partial charge in [0.2, 0.25) is 21.8 Å². The van der Waals surface area contributed by atoms with E-state index in [9.17, 15) is 36.0 Å². The topological polar surface area (TPSA) is 186 Å². The predicted octanol–water partition coefficient (Wildman–Crippen LogP) is 1.88. The molecule has 43 heavy (non-hydrogen) atoms. The average molecular weight is 622 g/mol. The van der Waals surface area contributed by atoms with Crippen LogP contribution in [-0.4, -0.2) is 73.7 Å². The molecule has 0 radical (unpaired) electrons. The number of benzene rings is 3. The quantitative estimate of drug-likeness (QED) is 0.133. The number of nitrogens with zero attached hydrogens (tertiary/aromatic N) is 2. The molecule has 1 fully saturated rings. The largest absolute Gasteiger partial charge is 0.497 e. The van der Waals surface area contributed by atoms with Gasteiger partial charge >= 0.3 is 12.1 Å². The number of hydrogen-bond donors (Lipinski definition) is 3. The number of carbonyl (C=O) groups excluding carboxylic acids is 3. The molecule has 0 aliphatic carbocycles. The van der Waals surface area contributed by atoms with Crippen molar-refractivity contribution in [2.45, 2.75) is 30.1 Å². The summed E-state index contributed by atoms with van der Waals surface area (Å²) < 4.78 is 77.6. The third-order valence-corrected chi connectivity index (χ3v) is 8.55. The fourth-order valence-corrected chi connectivity index (χ4v) is 6.36. The number of fused-ring (bicyclic) bond motifs is 1. The molecule has 3 aromatic carbocycles. The molecule has 1 aliphatic heterocycles. The molecule has 12 nitrogen and oxygen atoms in total. The summed E-state index contributed by atoms with van der Waals surface area (Å²) in [4.78, 5) is 37.7. The minimum absolute atomic E-state index is 0.0190. The number of nitrogen functional groups attached to an aromatic ring is 1. The first-order valence-corrected chi connectivity index (χ1v) is 14.0. The van der Waals surface area contributed by atoms with E-state index in [1.807, 2.05) is 0 Å². The normalized spacial score (nSPS) is 15.6. The van der Waals surface area contributed by atoms with Crippen LogP contribution < -0.4 is 20.9 Å². The minimum Gasteiger partial charge on any atom is -0.497 e. The highest BCUT2D eigenvalue weighted by Gasteiger charge is 2.45. The van der Waals surface area contributed by atoms with Gasteiger partial charge in [-0.15, -0.1) is 0 Å². The van der Waals surface area contributed by atoms with E-state index >= 15 is 0 Å². The van der Waals surface area contributed by atoms with Crippen LogP contribution in [0.3, 0.4) is 0 Å². The summed E-state index contributed by atoms with van der Waals surface area (Å²) in [5, 5.41) is 8.01. The van der Waals surface area contributed by atoms with E-state index in [0.717, 1.165) is 12.1 Å². The van der Waals surface area contributed by atoms with E-state index in [-0.39, 0.29) is 36.1 Å². The maximum Gasteiger partial charge on any atom is 0.491 e.